The van der Waals surface area contributed by atoms with Crippen LogP contribution < -0.4 is 10.2 Å². The first-order chi connectivity index (χ1) is 16.0. The fourth-order valence-electron chi connectivity index (χ4n) is 4.76. The Hall–Kier alpha value is -2.97. The van der Waals surface area contributed by atoms with Crippen molar-refractivity contribution in [3.8, 4) is 0 Å². The summed E-state index contributed by atoms with van der Waals surface area (Å²) in [6, 6.07) is 13.5. The molecule has 2 aliphatic heterocycles. The molecule has 0 saturated carbocycles. The molecule has 2 atom stereocenters. The summed E-state index contributed by atoms with van der Waals surface area (Å²) in [6.07, 6.45) is 3.52. The molecule has 1 amide bonds. The van der Waals surface area contributed by atoms with Crippen LogP contribution in [0.5, 0.6) is 0 Å². The van der Waals surface area contributed by atoms with E-state index >= 15 is 0 Å². The molecule has 2 unspecified atom stereocenters. The summed E-state index contributed by atoms with van der Waals surface area (Å²) in [5, 5.41) is 12.9. The van der Waals surface area contributed by atoms with Crippen molar-refractivity contribution in [2.24, 2.45) is 0 Å². The molecule has 1 aromatic carbocycles. The first-order valence-corrected chi connectivity index (χ1v) is 11.7. The molecule has 2 aromatic rings. The minimum absolute atomic E-state index is 0.223. The second-order valence-corrected chi connectivity index (χ2v) is 8.75. The molecule has 176 valence electrons. The van der Waals surface area contributed by atoms with Crippen LogP contribution in [-0.2, 0) is 22.4 Å². The number of benzene rings is 1. The van der Waals surface area contributed by atoms with Gasteiger partial charge < -0.3 is 14.7 Å². The Labute approximate surface area is 194 Å². The number of carboxylic acid groups (broad SMARTS) is 1. The summed E-state index contributed by atoms with van der Waals surface area (Å²) in [7, 11) is 1.42. The van der Waals surface area contributed by atoms with Crippen LogP contribution in [0.25, 0.3) is 0 Å². The number of methoxy groups -OCH3 is 1. The van der Waals surface area contributed by atoms with Gasteiger partial charge in [-0.15, -0.1) is 0 Å². The number of fused-ring (bicyclic) bond motifs is 1. The van der Waals surface area contributed by atoms with E-state index in [9.17, 15) is 14.7 Å². The molecule has 8 heteroatoms. The molecule has 3 heterocycles. The molecule has 0 radical (unpaired) electrons. The summed E-state index contributed by atoms with van der Waals surface area (Å²) >= 11 is 0. The van der Waals surface area contributed by atoms with E-state index in [1.807, 2.05) is 42.5 Å². The maximum atomic E-state index is 12.3. The van der Waals surface area contributed by atoms with Gasteiger partial charge in [-0.1, -0.05) is 36.4 Å². The van der Waals surface area contributed by atoms with Gasteiger partial charge in [-0.25, -0.2) is 14.6 Å². The molecule has 8 nitrogen and oxygen atoms in total. The van der Waals surface area contributed by atoms with E-state index in [1.54, 1.807) is 0 Å². The number of rotatable bonds is 8. The van der Waals surface area contributed by atoms with E-state index in [0.717, 1.165) is 68.6 Å². The van der Waals surface area contributed by atoms with Crippen molar-refractivity contribution in [3.05, 3.63) is 59.3 Å². The van der Waals surface area contributed by atoms with E-state index in [1.165, 1.54) is 12.0 Å². The SMILES string of the molecule is COC(=O)C(NC1CCN(CCCc2ccc3c(n2)N(C(=O)O)CCC3)C1)c1ccccc1. The Morgan fingerprint density at radius 3 is 2.79 bits per heavy atom. The van der Waals surface area contributed by atoms with Crippen molar-refractivity contribution in [1.29, 1.82) is 0 Å². The number of likely N-dealkylation sites (tertiary alicyclic amines) is 1. The average Bonchev–Trinajstić information content (AvgIpc) is 3.29. The number of ether oxygens (including phenoxy) is 1. The van der Waals surface area contributed by atoms with Gasteiger partial charge in [0, 0.05) is 24.8 Å². The van der Waals surface area contributed by atoms with E-state index in [0.29, 0.717) is 12.4 Å². The number of pyridine rings is 1. The van der Waals surface area contributed by atoms with Gasteiger partial charge >= 0.3 is 12.1 Å². The summed E-state index contributed by atoms with van der Waals surface area (Å²) in [5.41, 5.74) is 2.86. The molecule has 2 aliphatic rings. The zero-order chi connectivity index (χ0) is 23.2. The summed E-state index contributed by atoms with van der Waals surface area (Å²) in [4.78, 5) is 32.3. The highest BCUT2D eigenvalue weighted by molar-refractivity contribution is 5.86. The van der Waals surface area contributed by atoms with Crippen LogP contribution in [0, 0.1) is 0 Å². The summed E-state index contributed by atoms with van der Waals surface area (Å²) < 4.78 is 5.02. The maximum Gasteiger partial charge on any atom is 0.413 e. The summed E-state index contributed by atoms with van der Waals surface area (Å²) in [6.45, 7) is 3.31. The lowest BCUT2D eigenvalue weighted by atomic mass is 10.0. The number of nitrogens with zero attached hydrogens (tertiary/aromatic N) is 3. The lowest BCUT2D eigenvalue weighted by Crippen LogP contribution is -2.39. The Morgan fingerprint density at radius 1 is 1.21 bits per heavy atom. The van der Waals surface area contributed by atoms with E-state index in [-0.39, 0.29) is 12.0 Å². The molecule has 0 spiro atoms. The Kier molecular flexibility index (Phi) is 7.57. The number of nitrogens with one attached hydrogen (secondary N) is 1. The normalized spacial score (nSPS) is 19.2. The van der Waals surface area contributed by atoms with Crippen molar-refractivity contribution in [2.45, 2.75) is 44.2 Å². The van der Waals surface area contributed by atoms with Gasteiger partial charge in [0.15, 0.2) is 0 Å². The number of aryl methyl sites for hydroxylation is 2. The van der Waals surface area contributed by atoms with Crippen molar-refractivity contribution in [2.75, 3.05) is 38.2 Å². The number of hydrogen-bond donors (Lipinski definition) is 2. The number of amides is 1. The van der Waals surface area contributed by atoms with Gasteiger partial charge in [0.2, 0.25) is 0 Å². The van der Waals surface area contributed by atoms with Crippen LogP contribution in [-0.4, -0.2) is 66.4 Å². The van der Waals surface area contributed by atoms with Crippen LogP contribution >= 0.6 is 0 Å². The number of aromatic nitrogens is 1. The molecule has 1 aromatic heterocycles. The highest BCUT2D eigenvalue weighted by Gasteiger charge is 2.29. The molecular weight excluding hydrogens is 420 g/mol. The molecule has 33 heavy (non-hydrogen) atoms. The molecule has 2 N–H and O–H groups in total. The second-order valence-electron chi connectivity index (χ2n) is 8.75. The zero-order valence-corrected chi connectivity index (χ0v) is 19.1. The Balaban J connectivity index is 1.28. The van der Waals surface area contributed by atoms with Crippen molar-refractivity contribution < 1.29 is 19.4 Å². The minimum atomic E-state index is -0.933. The van der Waals surface area contributed by atoms with Gasteiger partial charge in [0.25, 0.3) is 0 Å². The van der Waals surface area contributed by atoms with Crippen molar-refractivity contribution in [3.63, 3.8) is 0 Å². The zero-order valence-electron chi connectivity index (χ0n) is 19.1. The third-order valence-electron chi connectivity index (χ3n) is 6.48. The highest BCUT2D eigenvalue weighted by Crippen LogP contribution is 2.26. The van der Waals surface area contributed by atoms with Crippen LogP contribution in [0.2, 0.25) is 0 Å². The van der Waals surface area contributed by atoms with Crippen LogP contribution in [0.1, 0.15) is 42.1 Å². The lowest BCUT2D eigenvalue weighted by molar-refractivity contribution is -0.143. The van der Waals surface area contributed by atoms with Gasteiger partial charge in [-0.2, -0.15) is 0 Å². The molecular formula is C25H32N4O4. The molecule has 4 rings (SSSR count). The standard InChI is InChI=1S/C25H32N4O4/c1-33-24(30)22(18-7-3-2-4-8-18)26-21-13-16-28(17-21)14-6-10-20-12-11-19-9-5-15-29(25(31)32)23(19)27-20/h2-4,7-8,11-12,21-22,26H,5-6,9-10,13-17H2,1H3,(H,31,32). The smallest absolute Gasteiger partial charge is 0.413 e. The minimum Gasteiger partial charge on any atom is -0.468 e. The van der Waals surface area contributed by atoms with Crippen molar-refractivity contribution >= 4 is 17.9 Å². The highest BCUT2D eigenvalue weighted by atomic mass is 16.5. The van der Waals surface area contributed by atoms with Gasteiger partial charge in [0.05, 0.1) is 7.11 Å². The fraction of sp³-hybridized carbons (Fsp3) is 0.480. The maximum absolute atomic E-state index is 12.3. The van der Waals surface area contributed by atoms with Gasteiger partial charge in [0.1, 0.15) is 11.9 Å². The predicted molar refractivity (Wildman–Crippen MR) is 125 cm³/mol. The van der Waals surface area contributed by atoms with E-state index in [4.69, 9.17) is 4.74 Å². The Morgan fingerprint density at radius 2 is 2.03 bits per heavy atom. The number of carbonyl (C=O) groups excluding carboxylic acids is 1. The third kappa shape index (κ3) is 5.69. The third-order valence-corrected chi connectivity index (χ3v) is 6.48. The number of hydrogen-bond acceptors (Lipinski definition) is 6. The average molecular weight is 453 g/mol. The first kappa shape index (κ1) is 23.2. The quantitative estimate of drug-likeness (QED) is 0.595. The van der Waals surface area contributed by atoms with Crippen LogP contribution in [0.15, 0.2) is 42.5 Å². The topological polar surface area (TPSA) is 95.0 Å². The second kappa shape index (κ2) is 10.8. The molecule has 0 aliphatic carbocycles. The van der Waals surface area contributed by atoms with E-state index in [2.05, 4.69) is 15.2 Å². The molecule has 1 saturated heterocycles. The predicted octanol–water partition coefficient (Wildman–Crippen LogP) is 3.02. The first-order valence-electron chi connectivity index (χ1n) is 11.7. The number of carbonyl (C=O) groups is 2. The van der Waals surface area contributed by atoms with E-state index < -0.39 is 12.1 Å². The number of esters is 1. The molecule has 0 bridgehead atoms. The van der Waals surface area contributed by atoms with Crippen molar-refractivity contribution in [1.82, 2.24) is 15.2 Å². The van der Waals surface area contributed by atoms with Gasteiger partial charge in [-0.05, 0) is 62.4 Å². The Bertz CT molecular complexity index is 968. The monoisotopic (exact) mass is 452 g/mol. The fourth-order valence-corrected chi connectivity index (χ4v) is 4.76. The largest absolute Gasteiger partial charge is 0.468 e. The van der Waals surface area contributed by atoms with Crippen LogP contribution in [0.4, 0.5) is 10.6 Å². The number of anilines is 1. The molecule has 1 fully saturated rings. The van der Waals surface area contributed by atoms with Crippen LogP contribution in [0.3, 0.4) is 0 Å². The lowest BCUT2D eigenvalue weighted by Gasteiger charge is -2.26. The summed E-state index contributed by atoms with van der Waals surface area (Å²) in [5.74, 6) is 0.333. The van der Waals surface area contributed by atoms with Gasteiger partial charge in [-0.3, -0.25) is 10.2 Å².